The van der Waals surface area contributed by atoms with E-state index in [1.54, 1.807) is 7.05 Å². The predicted molar refractivity (Wildman–Crippen MR) is 66.8 cm³/mol. The molecule has 0 saturated carbocycles. The SMILES string of the molecule is CNC(c1ccc(C(F)(F)F)cc1)C1(C)CCCO1. The number of hydrogen-bond donors (Lipinski definition) is 1. The highest BCUT2D eigenvalue weighted by atomic mass is 19.4. The number of ether oxygens (including phenoxy) is 1. The summed E-state index contributed by atoms with van der Waals surface area (Å²) in [5, 5.41) is 3.15. The van der Waals surface area contributed by atoms with E-state index >= 15 is 0 Å². The van der Waals surface area contributed by atoms with Gasteiger partial charge >= 0.3 is 6.18 Å². The van der Waals surface area contributed by atoms with E-state index in [-0.39, 0.29) is 11.6 Å². The number of halogens is 3. The largest absolute Gasteiger partial charge is 0.416 e. The second-order valence-corrected chi connectivity index (χ2v) is 5.11. The van der Waals surface area contributed by atoms with Gasteiger partial charge in [-0.1, -0.05) is 12.1 Å². The first-order chi connectivity index (χ1) is 8.87. The molecule has 1 aromatic rings. The van der Waals surface area contributed by atoms with E-state index < -0.39 is 11.7 Å². The molecule has 1 heterocycles. The molecule has 5 heteroatoms. The second-order valence-electron chi connectivity index (χ2n) is 5.11. The van der Waals surface area contributed by atoms with Crippen LogP contribution in [0.5, 0.6) is 0 Å². The highest BCUT2D eigenvalue weighted by molar-refractivity contribution is 5.28. The monoisotopic (exact) mass is 273 g/mol. The number of rotatable bonds is 3. The third-order valence-electron chi connectivity index (χ3n) is 3.72. The van der Waals surface area contributed by atoms with Crippen molar-refractivity contribution in [3.8, 4) is 0 Å². The summed E-state index contributed by atoms with van der Waals surface area (Å²) in [6, 6.07) is 5.20. The van der Waals surface area contributed by atoms with Crippen molar-refractivity contribution in [3.05, 3.63) is 35.4 Å². The van der Waals surface area contributed by atoms with Crippen LogP contribution in [0.15, 0.2) is 24.3 Å². The molecule has 0 amide bonds. The molecule has 0 aliphatic carbocycles. The predicted octanol–water partition coefficient (Wildman–Crippen LogP) is 3.54. The molecule has 1 aromatic carbocycles. The Morgan fingerprint density at radius 2 is 1.89 bits per heavy atom. The molecule has 1 aliphatic heterocycles. The third-order valence-corrected chi connectivity index (χ3v) is 3.72. The first kappa shape index (κ1) is 14.3. The minimum atomic E-state index is -4.29. The lowest BCUT2D eigenvalue weighted by molar-refractivity contribution is -0.137. The van der Waals surface area contributed by atoms with E-state index in [1.165, 1.54) is 12.1 Å². The summed E-state index contributed by atoms with van der Waals surface area (Å²) in [5.41, 5.74) is -0.155. The number of nitrogens with one attached hydrogen (secondary N) is 1. The van der Waals surface area contributed by atoms with Crippen LogP contribution in [0.25, 0.3) is 0 Å². The van der Waals surface area contributed by atoms with E-state index in [0.717, 1.165) is 30.5 Å². The third kappa shape index (κ3) is 2.92. The van der Waals surface area contributed by atoms with Crippen molar-refractivity contribution in [1.82, 2.24) is 5.32 Å². The maximum absolute atomic E-state index is 12.5. The lowest BCUT2D eigenvalue weighted by Gasteiger charge is -2.33. The summed E-state index contributed by atoms with van der Waals surface area (Å²) in [5.74, 6) is 0. The van der Waals surface area contributed by atoms with E-state index in [9.17, 15) is 13.2 Å². The fraction of sp³-hybridized carbons (Fsp3) is 0.571. The van der Waals surface area contributed by atoms with Gasteiger partial charge < -0.3 is 10.1 Å². The number of benzene rings is 1. The van der Waals surface area contributed by atoms with Crippen LogP contribution in [-0.4, -0.2) is 19.3 Å². The zero-order chi connectivity index (χ0) is 14.1. The van der Waals surface area contributed by atoms with Crippen LogP contribution in [0, 0.1) is 0 Å². The van der Waals surface area contributed by atoms with Gasteiger partial charge in [-0.2, -0.15) is 13.2 Å². The molecule has 2 nitrogen and oxygen atoms in total. The molecule has 0 aromatic heterocycles. The smallest absolute Gasteiger partial charge is 0.373 e. The zero-order valence-electron chi connectivity index (χ0n) is 11.1. The van der Waals surface area contributed by atoms with Crippen molar-refractivity contribution in [2.45, 2.75) is 37.6 Å². The molecule has 2 atom stereocenters. The van der Waals surface area contributed by atoms with Crippen molar-refractivity contribution in [1.29, 1.82) is 0 Å². The summed E-state index contributed by atoms with van der Waals surface area (Å²) < 4.78 is 43.4. The lowest BCUT2D eigenvalue weighted by atomic mass is 9.87. The Morgan fingerprint density at radius 3 is 2.32 bits per heavy atom. The average Bonchev–Trinajstić information content (AvgIpc) is 2.77. The summed E-state index contributed by atoms with van der Waals surface area (Å²) in [6.07, 6.45) is -2.41. The number of alkyl halides is 3. The first-order valence-electron chi connectivity index (χ1n) is 6.35. The van der Waals surface area contributed by atoms with Gasteiger partial charge in [-0.05, 0) is 44.5 Å². The van der Waals surface area contributed by atoms with Gasteiger partial charge in [0.1, 0.15) is 0 Å². The highest BCUT2D eigenvalue weighted by Gasteiger charge is 2.39. The van der Waals surface area contributed by atoms with Gasteiger partial charge in [0.2, 0.25) is 0 Å². The zero-order valence-corrected chi connectivity index (χ0v) is 11.1. The van der Waals surface area contributed by atoms with Gasteiger partial charge in [0, 0.05) is 6.61 Å². The molecular formula is C14H18F3NO. The van der Waals surface area contributed by atoms with E-state index in [2.05, 4.69) is 5.32 Å². The summed E-state index contributed by atoms with van der Waals surface area (Å²) in [6.45, 7) is 2.70. The molecule has 0 spiro atoms. The number of hydrogen-bond acceptors (Lipinski definition) is 2. The van der Waals surface area contributed by atoms with Gasteiger partial charge in [0.15, 0.2) is 0 Å². The molecule has 1 aliphatic rings. The topological polar surface area (TPSA) is 21.3 Å². The van der Waals surface area contributed by atoms with Crippen LogP contribution in [-0.2, 0) is 10.9 Å². The Bertz CT molecular complexity index is 421. The molecule has 19 heavy (non-hydrogen) atoms. The molecule has 2 unspecified atom stereocenters. The van der Waals surface area contributed by atoms with Crippen LogP contribution < -0.4 is 5.32 Å². The molecule has 2 rings (SSSR count). The normalized spacial score (nSPS) is 25.5. The van der Waals surface area contributed by atoms with Crippen molar-refractivity contribution in [2.75, 3.05) is 13.7 Å². The van der Waals surface area contributed by atoms with Crippen LogP contribution >= 0.6 is 0 Å². The fourth-order valence-electron chi connectivity index (χ4n) is 2.72. The van der Waals surface area contributed by atoms with Gasteiger partial charge in [0.25, 0.3) is 0 Å². The van der Waals surface area contributed by atoms with Crippen molar-refractivity contribution >= 4 is 0 Å². The summed E-state index contributed by atoms with van der Waals surface area (Å²) >= 11 is 0. The van der Waals surface area contributed by atoms with Crippen LogP contribution in [0.2, 0.25) is 0 Å². The quantitative estimate of drug-likeness (QED) is 0.909. The minimum absolute atomic E-state index is 0.0997. The Labute approximate surface area is 111 Å². The molecule has 106 valence electrons. The average molecular weight is 273 g/mol. The lowest BCUT2D eigenvalue weighted by Crippen LogP contribution is -2.39. The standard InChI is InChI=1S/C14H18F3NO/c1-13(8-3-9-19-13)12(18-2)10-4-6-11(7-5-10)14(15,16)17/h4-7,12,18H,3,8-9H2,1-2H3. The number of likely N-dealkylation sites (N-methyl/N-ethyl adjacent to an activating group) is 1. The second kappa shape index (κ2) is 5.13. The Morgan fingerprint density at radius 1 is 1.26 bits per heavy atom. The highest BCUT2D eigenvalue weighted by Crippen LogP contribution is 2.38. The Hall–Kier alpha value is -1.07. The van der Waals surface area contributed by atoms with Crippen LogP contribution in [0.1, 0.15) is 36.9 Å². The van der Waals surface area contributed by atoms with Crippen LogP contribution in [0.4, 0.5) is 13.2 Å². The van der Waals surface area contributed by atoms with Gasteiger partial charge in [-0.15, -0.1) is 0 Å². The van der Waals surface area contributed by atoms with Crippen molar-refractivity contribution < 1.29 is 17.9 Å². The van der Waals surface area contributed by atoms with E-state index in [4.69, 9.17) is 4.74 Å². The van der Waals surface area contributed by atoms with Gasteiger partial charge in [0.05, 0.1) is 17.2 Å². The van der Waals surface area contributed by atoms with Crippen molar-refractivity contribution in [3.63, 3.8) is 0 Å². The molecule has 1 N–H and O–H groups in total. The Balaban J connectivity index is 2.24. The van der Waals surface area contributed by atoms with Gasteiger partial charge in [-0.3, -0.25) is 0 Å². The van der Waals surface area contributed by atoms with E-state index in [0.29, 0.717) is 6.61 Å². The maximum Gasteiger partial charge on any atom is 0.416 e. The first-order valence-corrected chi connectivity index (χ1v) is 6.35. The fourth-order valence-corrected chi connectivity index (χ4v) is 2.72. The Kier molecular flexibility index (Phi) is 3.87. The molecule has 0 bridgehead atoms. The molecule has 1 saturated heterocycles. The summed E-state index contributed by atoms with van der Waals surface area (Å²) in [4.78, 5) is 0. The molecule has 1 fully saturated rings. The van der Waals surface area contributed by atoms with Crippen molar-refractivity contribution in [2.24, 2.45) is 0 Å². The van der Waals surface area contributed by atoms with E-state index in [1.807, 2.05) is 6.92 Å². The summed E-state index contributed by atoms with van der Waals surface area (Å²) in [7, 11) is 1.80. The molecule has 0 radical (unpaired) electrons. The van der Waals surface area contributed by atoms with Crippen LogP contribution in [0.3, 0.4) is 0 Å². The minimum Gasteiger partial charge on any atom is -0.373 e. The molecular weight excluding hydrogens is 255 g/mol. The van der Waals surface area contributed by atoms with Gasteiger partial charge in [-0.25, -0.2) is 0 Å². The maximum atomic E-state index is 12.5.